The number of nitrogens with one attached hydrogen (secondary N) is 1. The molecular weight excluding hydrogens is 336 g/mol. The van der Waals surface area contributed by atoms with Gasteiger partial charge in [0.2, 0.25) is 15.9 Å². The van der Waals surface area contributed by atoms with Gasteiger partial charge in [-0.05, 0) is 50.3 Å². The van der Waals surface area contributed by atoms with Crippen molar-refractivity contribution in [1.29, 1.82) is 0 Å². The second-order valence-corrected chi connectivity index (χ2v) is 8.85. The Bertz CT molecular complexity index is 693. The van der Waals surface area contributed by atoms with Crippen LogP contribution in [-0.2, 0) is 14.8 Å². The number of hydrogen-bond donors (Lipinski definition) is 1. The summed E-state index contributed by atoms with van der Waals surface area (Å²) in [6, 6.07) is 5.50. The van der Waals surface area contributed by atoms with E-state index in [1.54, 1.807) is 6.07 Å². The highest BCUT2D eigenvalue weighted by Crippen LogP contribution is 2.26. The van der Waals surface area contributed by atoms with Crippen molar-refractivity contribution in [3.63, 3.8) is 0 Å². The number of piperidine rings is 1. The number of nitrogens with zero attached hydrogens (tertiary/aromatic N) is 1. The molecule has 0 aliphatic carbocycles. The molecular formula is C19H30N2O3S. The minimum absolute atomic E-state index is 0.0693. The number of rotatable bonds is 7. The molecule has 0 atom stereocenters. The summed E-state index contributed by atoms with van der Waals surface area (Å²) in [5, 5.41) is 2.98. The van der Waals surface area contributed by atoms with Gasteiger partial charge in [0.25, 0.3) is 0 Å². The molecule has 0 spiro atoms. The Balaban J connectivity index is 1.95. The lowest BCUT2D eigenvalue weighted by Gasteiger charge is -2.31. The zero-order chi connectivity index (χ0) is 18.4. The molecule has 1 amide bonds. The smallest absolute Gasteiger partial charge is 0.243 e. The van der Waals surface area contributed by atoms with E-state index in [1.807, 2.05) is 26.0 Å². The van der Waals surface area contributed by atoms with Gasteiger partial charge in [-0.25, -0.2) is 8.42 Å². The topological polar surface area (TPSA) is 66.5 Å². The van der Waals surface area contributed by atoms with Crippen LogP contribution in [0.25, 0.3) is 0 Å². The summed E-state index contributed by atoms with van der Waals surface area (Å²) in [4.78, 5) is 12.6. The van der Waals surface area contributed by atoms with Gasteiger partial charge in [-0.15, -0.1) is 0 Å². The number of sulfonamides is 1. The number of aryl methyl sites for hydroxylation is 2. The van der Waals surface area contributed by atoms with Crippen LogP contribution in [0.15, 0.2) is 23.1 Å². The van der Waals surface area contributed by atoms with Crippen molar-refractivity contribution in [1.82, 2.24) is 9.62 Å². The van der Waals surface area contributed by atoms with Gasteiger partial charge in [-0.1, -0.05) is 31.9 Å². The average Bonchev–Trinajstić information content (AvgIpc) is 2.60. The molecule has 0 unspecified atom stereocenters. The monoisotopic (exact) mass is 366 g/mol. The summed E-state index contributed by atoms with van der Waals surface area (Å²) in [7, 11) is -3.49. The second kappa shape index (κ2) is 8.81. The summed E-state index contributed by atoms with van der Waals surface area (Å²) in [6.45, 7) is 7.38. The molecule has 1 aromatic carbocycles. The third-order valence-electron chi connectivity index (χ3n) is 4.87. The lowest BCUT2D eigenvalue weighted by Crippen LogP contribution is -2.43. The van der Waals surface area contributed by atoms with Crippen LogP contribution >= 0.6 is 0 Å². The molecule has 5 nitrogen and oxygen atoms in total. The van der Waals surface area contributed by atoms with Gasteiger partial charge < -0.3 is 5.32 Å². The Hall–Kier alpha value is -1.40. The van der Waals surface area contributed by atoms with E-state index in [0.717, 1.165) is 30.4 Å². The maximum Gasteiger partial charge on any atom is 0.243 e. The molecule has 0 bridgehead atoms. The first-order chi connectivity index (χ1) is 11.9. The molecule has 1 aromatic rings. The van der Waals surface area contributed by atoms with E-state index in [1.165, 1.54) is 4.31 Å². The molecule has 1 fully saturated rings. The normalized spacial score (nSPS) is 16.8. The first-order valence-electron chi connectivity index (χ1n) is 9.21. The molecule has 2 rings (SSSR count). The minimum Gasteiger partial charge on any atom is -0.356 e. The van der Waals surface area contributed by atoms with Gasteiger partial charge in [0.1, 0.15) is 0 Å². The first-order valence-corrected chi connectivity index (χ1v) is 10.7. The summed E-state index contributed by atoms with van der Waals surface area (Å²) in [6.07, 6.45) is 4.42. The third-order valence-corrected chi connectivity index (χ3v) is 6.91. The standard InChI is InChI=1S/C19H30N2O3S/c1-4-5-6-11-20-19(22)17-9-12-21(13-10-17)25(23,24)18-14-15(2)7-8-16(18)3/h7-8,14,17H,4-6,9-13H2,1-3H3,(H,20,22). The van der Waals surface area contributed by atoms with Crippen molar-refractivity contribution < 1.29 is 13.2 Å². The quantitative estimate of drug-likeness (QED) is 0.754. The van der Waals surface area contributed by atoms with E-state index < -0.39 is 10.0 Å². The molecule has 0 saturated carbocycles. The molecule has 1 heterocycles. The van der Waals surface area contributed by atoms with Crippen LogP contribution in [0.5, 0.6) is 0 Å². The SMILES string of the molecule is CCCCCNC(=O)C1CCN(S(=O)(=O)c2cc(C)ccc2C)CC1. The Morgan fingerprint density at radius 3 is 2.52 bits per heavy atom. The maximum atomic E-state index is 12.9. The molecule has 1 aliphatic heterocycles. The molecule has 6 heteroatoms. The van der Waals surface area contributed by atoms with Crippen molar-refractivity contribution in [3.05, 3.63) is 29.3 Å². The van der Waals surface area contributed by atoms with Crippen molar-refractivity contribution in [2.75, 3.05) is 19.6 Å². The highest BCUT2D eigenvalue weighted by atomic mass is 32.2. The van der Waals surface area contributed by atoms with Gasteiger partial charge in [0.15, 0.2) is 0 Å². The number of benzene rings is 1. The first kappa shape index (κ1) is 19.9. The Kier molecular flexibility index (Phi) is 7.02. The predicted octanol–water partition coefficient (Wildman–Crippen LogP) is 3.01. The zero-order valence-electron chi connectivity index (χ0n) is 15.5. The summed E-state index contributed by atoms with van der Waals surface area (Å²) in [5.41, 5.74) is 1.70. The van der Waals surface area contributed by atoms with Gasteiger partial charge in [-0.3, -0.25) is 4.79 Å². The van der Waals surface area contributed by atoms with Gasteiger partial charge >= 0.3 is 0 Å². The molecule has 140 valence electrons. The molecule has 25 heavy (non-hydrogen) atoms. The van der Waals surface area contributed by atoms with E-state index in [4.69, 9.17) is 0 Å². The van der Waals surface area contributed by atoms with Gasteiger partial charge in [-0.2, -0.15) is 4.31 Å². The molecule has 1 saturated heterocycles. The lowest BCUT2D eigenvalue weighted by atomic mass is 9.97. The van der Waals surface area contributed by atoms with Crippen LogP contribution in [0, 0.1) is 19.8 Å². The van der Waals surface area contributed by atoms with E-state index in [-0.39, 0.29) is 11.8 Å². The zero-order valence-corrected chi connectivity index (χ0v) is 16.4. The van der Waals surface area contributed by atoms with E-state index in [9.17, 15) is 13.2 Å². The lowest BCUT2D eigenvalue weighted by molar-refractivity contribution is -0.126. The van der Waals surface area contributed by atoms with Crippen LogP contribution in [0.3, 0.4) is 0 Å². The molecule has 1 aliphatic rings. The second-order valence-electron chi connectivity index (χ2n) is 6.95. The number of hydrogen-bond acceptors (Lipinski definition) is 3. The highest BCUT2D eigenvalue weighted by molar-refractivity contribution is 7.89. The Labute approximate surface area is 151 Å². The van der Waals surface area contributed by atoms with E-state index in [0.29, 0.717) is 37.4 Å². The fraction of sp³-hybridized carbons (Fsp3) is 0.632. The molecule has 0 radical (unpaired) electrons. The van der Waals surface area contributed by atoms with E-state index in [2.05, 4.69) is 12.2 Å². The summed E-state index contributed by atoms with van der Waals surface area (Å²) < 4.78 is 27.3. The Morgan fingerprint density at radius 2 is 1.88 bits per heavy atom. The van der Waals surface area contributed by atoms with Gasteiger partial charge in [0, 0.05) is 25.6 Å². The van der Waals surface area contributed by atoms with Crippen LogP contribution in [0.2, 0.25) is 0 Å². The fourth-order valence-corrected chi connectivity index (χ4v) is 4.99. The number of carbonyl (C=O) groups is 1. The summed E-state index contributed by atoms with van der Waals surface area (Å²) >= 11 is 0. The fourth-order valence-electron chi connectivity index (χ4n) is 3.21. The van der Waals surface area contributed by atoms with Crippen LogP contribution in [0.4, 0.5) is 0 Å². The van der Waals surface area contributed by atoms with Crippen LogP contribution in [0.1, 0.15) is 50.2 Å². The third kappa shape index (κ3) is 5.05. The molecule has 1 N–H and O–H groups in total. The van der Waals surface area contributed by atoms with Crippen LogP contribution in [-0.4, -0.2) is 38.3 Å². The van der Waals surface area contributed by atoms with Crippen molar-refractivity contribution in [2.24, 2.45) is 5.92 Å². The Morgan fingerprint density at radius 1 is 1.20 bits per heavy atom. The number of amides is 1. The van der Waals surface area contributed by atoms with Crippen molar-refractivity contribution >= 4 is 15.9 Å². The molecule has 0 aromatic heterocycles. The number of carbonyl (C=O) groups excluding carboxylic acids is 1. The predicted molar refractivity (Wildman–Crippen MR) is 99.9 cm³/mol. The average molecular weight is 367 g/mol. The minimum atomic E-state index is -3.49. The highest BCUT2D eigenvalue weighted by Gasteiger charge is 2.32. The largest absolute Gasteiger partial charge is 0.356 e. The number of unbranched alkanes of at least 4 members (excludes halogenated alkanes) is 2. The van der Waals surface area contributed by atoms with E-state index >= 15 is 0 Å². The summed E-state index contributed by atoms with van der Waals surface area (Å²) in [5.74, 6) is -0.00781. The van der Waals surface area contributed by atoms with Crippen molar-refractivity contribution in [3.8, 4) is 0 Å². The maximum absolute atomic E-state index is 12.9. The van der Waals surface area contributed by atoms with Crippen molar-refractivity contribution in [2.45, 2.75) is 57.8 Å². The van der Waals surface area contributed by atoms with Crippen LogP contribution < -0.4 is 5.32 Å². The van der Waals surface area contributed by atoms with Gasteiger partial charge in [0.05, 0.1) is 4.90 Å².